The summed E-state index contributed by atoms with van der Waals surface area (Å²) in [4.78, 5) is 66.3. The molecule has 2 aromatic rings. The van der Waals surface area contributed by atoms with E-state index in [0.29, 0.717) is 17.7 Å². The van der Waals surface area contributed by atoms with E-state index in [2.05, 4.69) is 35.9 Å². The number of rotatable bonds is 19. The SMILES string of the molecule is NC(N)=NCCCC(N)C(=O)NC(Cc1cnc[nH]1)C(=O)NC(CCCN=C(N)N)C(=O)NC(Cc1ccc(O)cc1)C(=O)O. The van der Waals surface area contributed by atoms with Gasteiger partial charge in [-0.25, -0.2) is 9.78 Å². The number of aromatic nitrogens is 2. The third kappa shape index (κ3) is 13.6. The fourth-order valence-electron chi connectivity index (χ4n) is 4.14. The number of H-pyrrole nitrogens is 1. The number of aliphatic carboxylic acids is 1. The lowest BCUT2D eigenvalue weighted by atomic mass is 10.0. The number of carbonyl (C=O) groups excluding carboxylic acids is 3. The van der Waals surface area contributed by atoms with Crippen molar-refractivity contribution in [3.8, 4) is 5.75 Å². The van der Waals surface area contributed by atoms with Crippen molar-refractivity contribution in [1.82, 2.24) is 25.9 Å². The van der Waals surface area contributed by atoms with Crippen LogP contribution < -0.4 is 44.6 Å². The second-order valence-electron chi connectivity index (χ2n) is 10.2. The summed E-state index contributed by atoms with van der Waals surface area (Å²) >= 11 is 0. The van der Waals surface area contributed by atoms with Crippen LogP contribution in [0.2, 0.25) is 0 Å². The van der Waals surface area contributed by atoms with Crippen LogP contribution >= 0.6 is 0 Å². The van der Waals surface area contributed by atoms with Gasteiger partial charge in [0.05, 0.1) is 12.4 Å². The zero-order valence-electron chi connectivity index (χ0n) is 24.7. The van der Waals surface area contributed by atoms with E-state index in [-0.39, 0.29) is 62.9 Å². The number of amides is 3. The van der Waals surface area contributed by atoms with Gasteiger partial charge in [0, 0.05) is 37.8 Å². The maximum absolute atomic E-state index is 13.5. The van der Waals surface area contributed by atoms with Gasteiger partial charge in [-0.3, -0.25) is 24.4 Å². The molecule has 18 heteroatoms. The summed E-state index contributed by atoms with van der Waals surface area (Å²) in [5.74, 6) is -3.66. The lowest BCUT2D eigenvalue weighted by Gasteiger charge is -2.25. The van der Waals surface area contributed by atoms with Crippen LogP contribution in [-0.2, 0) is 32.0 Å². The number of aromatic hydroxyl groups is 1. The average Bonchev–Trinajstić information content (AvgIpc) is 3.49. The van der Waals surface area contributed by atoms with Gasteiger partial charge in [0.2, 0.25) is 17.7 Å². The topological polar surface area (TPSA) is 328 Å². The van der Waals surface area contributed by atoms with Crippen molar-refractivity contribution in [2.45, 2.75) is 62.7 Å². The Balaban J connectivity index is 2.20. The summed E-state index contributed by atoms with van der Waals surface area (Å²) in [7, 11) is 0. The molecular weight excluding hydrogens is 588 g/mol. The Morgan fingerprint density at radius 3 is 1.91 bits per heavy atom. The first-order chi connectivity index (χ1) is 21.3. The molecule has 1 heterocycles. The van der Waals surface area contributed by atoms with E-state index >= 15 is 0 Å². The Labute approximate surface area is 259 Å². The molecule has 16 N–H and O–H groups in total. The number of benzene rings is 1. The van der Waals surface area contributed by atoms with Gasteiger partial charge in [0.15, 0.2) is 11.9 Å². The molecule has 1 aromatic carbocycles. The smallest absolute Gasteiger partial charge is 0.326 e. The summed E-state index contributed by atoms with van der Waals surface area (Å²) in [6, 6.07) is 1.12. The molecule has 1 aromatic heterocycles. The number of nitrogens with one attached hydrogen (secondary N) is 4. The highest BCUT2D eigenvalue weighted by Gasteiger charge is 2.30. The fraction of sp³-hybridized carbons (Fsp3) is 0.444. The zero-order valence-corrected chi connectivity index (χ0v) is 24.7. The molecule has 2 rings (SSSR count). The predicted octanol–water partition coefficient (Wildman–Crippen LogP) is -3.13. The molecule has 0 radical (unpaired) electrons. The van der Waals surface area contributed by atoms with Gasteiger partial charge in [-0.15, -0.1) is 0 Å². The van der Waals surface area contributed by atoms with Gasteiger partial charge in [0.1, 0.15) is 23.9 Å². The number of nitrogens with zero attached hydrogens (tertiary/aromatic N) is 3. The zero-order chi connectivity index (χ0) is 33.4. The van der Waals surface area contributed by atoms with Crippen molar-refractivity contribution in [3.63, 3.8) is 0 Å². The number of carboxylic acid groups (broad SMARTS) is 1. The molecule has 4 atom stereocenters. The summed E-state index contributed by atoms with van der Waals surface area (Å²) in [5.41, 5.74) is 28.5. The average molecular weight is 631 g/mol. The molecule has 0 fully saturated rings. The van der Waals surface area contributed by atoms with Crippen LogP contribution in [0.5, 0.6) is 5.75 Å². The summed E-state index contributed by atoms with van der Waals surface area (Å²) in [5, 5.41) is 27.0. The molecule has 3 amide bonds. The van der Waals surface area contributed by atoms with Crippen LogP contribution in [0.4, 0.5) is 0 Å². The first-order valence-electron chi connectivity index (χ1n) is 14.1. The molecule has 0 aliphatic rings. The second-order valence-corrected chi connectivity index (χ2v) is 10.2. The van der Waals surface area contributed by atoms with Crippen molar-refractivity contribution in [3.05, 3.63) is 48.0 Å². The van der Waals surface area contributed by atoms with E-state index in [1.807, 2.05) is 0 Å². The lowest BCUT2D eigenvalue weighted by Crippen LogP contribution is -2.57. The van der Waals surface area contributed by atoms with Gasteiger partial charge < -0.3 is 59.8 Å². The minimum atomic E-state index is -1.35. The van der Waals surface area contributed by atoms with E-state index in [9.17, 15) is 29.4 Å². The van der Waals surface area contributed by atoms with E-state index in [0.717, 1.165) is 0 Å². The second kappa shape index (κ2) is 18.3. The highest BCUT2D eigenvalue weighted by atomic mass is 16.4. The molecule has 45 heavy (non-hydrogen) atoms. The Morgan fingerprint density at radius 2 is 1.36 bits per heavy atom. The molecule has 0 aliphatic heterocycles. The van der Waals surface area contributed by atoms with Crippen LogP contribution in [-0.4, -0.2) is 93.0 Å². The van der Waals surface area contributed by atoms with Gasteiger partial charge in [-0.05, 0) is 43.4 Å². The van der Waals surface area contributed by atoms with Crippen LogP contribution in [0.1, 0.15) is 36.9 Å². The minimum Gasteiger partial charge on any atom is -0.508 e. The molecule has 0 aliphatic carbocycles. The Morgan fingerprint density at radius 1 is 0.800 bits per heavy atom. The van der Waals surface area contributed by atoms with Gasteiger partial charge in [0.25, 0.3) is 0 Å². The third-order valence-electron chi connectivity index (χ3n) is 6.49. The number of carbonyl (C=O) groups is 4. The summed E-state index contributed by atoms with van der Waals surface area (Å²) < 4.78 is 0. The number of aromatic amines is 1. The number of phenolic OH excluding ortho intramolecular Hbond substituents is 1. The maximum atomic E-state index is 13.5. The number of hydrogen-bond donors (Lipinski definition) is 11. The summed E-state index contributed by atoms with van der Waals surface area (Å²) in [6.07, 6.45) is 3.71. The molecule has 18 nitrogen and oxygen atoms in total. The minimum absolute atomic E-state index is 0.00175. The molecule has 0 bridgehead atoms. The van der Waals surface area contributed by atoms with Gasteiger partial charge in [-0.2, -0.15) is 0 Å². The van der Waals surface area contributed by atoms with E-state index in [1.165, 1.54) is 36.8 Å². The van der Waals surface area contributed by atoms with Crippen molar-refractivity contribution in [1.29, 1.82) is 0 Å². The number of imidazole rings is 1. The molecule has 246 valence electrons. The monoisotopic (exact) mass is 630 g/mol. The van der Waals surface area contributed by atoms with Crippen LogP contribution in [0, 0.1) is 0 Å². The van der Waals surface area contributed by atoms with Crippen molar-refractivity contribution in [2.75, 3.05) is 13.1 Å². The van der Waals surface area contributed by atoms with Crippen molar-refractivity contribution in [2.24, 2.45) is 38.7 Å². The molecule has 4 unspecified atom stereocenters. The van der Waals surface area contributed by atoms with Crippen LogP contribution in [0.15, 0.2) is 46.8 Å². The van der Waals surface area contributed by atoms with Gasteiger partial charge >= 0.3 is 5.97 Å². The predicted molar refractivity (Wildman–Crippen MR) is 165 cm³/mol. The van der Waals surface area contributed by atoms with Crippen molar-refractivity contribution >= 4 is 35.6 Å². The fourth-order valence-corrected chi connectivity index (χ4v) is 4.14. The number of carboxylic acids is 1. The number of nitrogens with two attached hydrogens (primary N) is 5. The van der Waals surface area contributed by atoms with E-state index < -0.39 is 47.9 Å². The van der Waals surface area contributed by atoms with E-state index in [1.54, 1.807) is 0 Å². The quantitative estimate of drug-likeness (QED) is 0.0417. The first kappa shape index (κ1) is 35.8. The number of hydrogen-bond acceptors (Lipinski definition) is 9. The number of phenols is 1. The first-order valence-corrected chi connectivity index (χ1v) is 14.1. The third-order valence-corrected chi connectivity index (χ3v) is 6.49. The van der Waals surface area contributed by atoms with E-state index in [4.69, 9.17) is 28.7 Å². The Bertz CT molecular complexity index is 1310. The summed E-state index contributed by atoms with van der Waals surface area (Å²) in [6.45, 7) is 0.406. The molecule has 0 saturated heterocycles. The molecule has 0 saturated carbocycles. The molecule has 0 spiro atoms. The van der Waals surface area contributed by atoms with Gasteiger partial charge in [-0.1, -0.05) is 12.1 Å². The maximum Gasteiger partial charge on any atom is 0.326 e. The highest BCUT2D eigenvalue weighted by molar-refractivity contribution is 5.94. The Hall–Kier alpha value is -5.39. The van der Waals surface area contributed by atoms with Crippen molar-refractivity contribution < 1.29 is 29.4 Å². The largest absolute Gasteiger partial charge is 0.508 e. The Kier molecular flexibility index (Phi) is 14.6. The highest BCUT2D eigenvalue weighted by Crippen LogP contribution is 2.12. The normalized spacial score (nSPS) is 13.4. The molecular formula is C27H42N12O6. The van der Waals surface area contributed by atoms with Crippen LogP contribution in [0.3, 0.4) is 0 Å². The lowest BCUT2D eigenvalue weighted by molar-refractivity contribution is -0.142. The van der Waals surface area contributed by atoms with Crippen LogP contribution in [0.25, 0.3) is 0 Å². The standard InChI is InChI=1S/C27H42N12O6/c28-18(3-1-9-34-26(29)30)22(41)38-20(12-16-13-33-14-36-16)24(43)37-19(4-2-10-35-27(31)32)23(42)39-21(25(44)45)11-15-5-7-17(40)8-6-15/h5-8,13-14,18-21,40H,1-4,9-12,28H2,(H,33,36)(H,37,43)(H,38,41)(H,39,42)(H,44,45)(H4,29,30,34)(H4,31,32,35). The number of aliphatic imine (C=N–C) groups is 2. The number of guanidine groups is 2.